The van der Waals surface area contributed by atoms with E-state index in [1.807, 2.05) is 31.2 Å². The number of piperidine rings is 2. The first-order chi connectivity index (χ1) is 16.4. The molecule has 0 bridgehead atoms. The van der Waals surface area contributed by atoms with Crippen LogP contribution in [0, 0.1) is 11.8 Å². The summed E-state index contributed by atoms with van der Waals surface area (Å²) in [6.45, 7) is 5.82. The van der Waals surface area contributed by atoms with Gasteiger partial charge in [-0.2, -0.15) is 0 Å². The third kappa shape index (κ3) is 11.3. The fourth-order valence-corrected chi connectivity index (χ4v) is 5.14. The van der Waals surface area contributed by atoms with Crippen molar-refractivity contribution in [3.05, 3.63) is 57.5 Å². The molecule has 0 amide bonds. The van der Waals surface area contributed by atoms with Gasteiger partial charge in [0.1, 0.15) is 0 Å². The summed E-state index contributed by atoms with van der Waals surface area (Å²) in [4.78, 5) is 27.0. The molecule has 2 aliphatic rings. The first kappa shape index (κ1) is 35.9. The fourth-order valence-electron chi connectivity index (χ4n) is 4.36. The topological polar surface area (TPSA) is 100 Å². The maximum Gasteiger partial charge on any atom is 1.00 e. The number of carbonyl (C=O) groups excluding carboxylic acids is 1. The number of benzene rings is 2. The van der Waals surface area contributed by atoms with Crippen molar-refractivity contribution in [2.45, 2.75) is 40.0 Å². The zero-order valence-electron chi connectivity index (χ0n) is 20.9. The van der Waals surface area contributed by atoms with E-state index in [9.17, 15) is 9.59 Å². The molecule has 0 unspecified atom stereocenters. The molecule has 2 saturated heterocycles. The molecule has 0 saturated carbocycles. The summed E-state index contributed by atoms with van der Waals surface area (Å²) in [6, 6.07) is 16.4. The van der Waals surface area contributed by atoms with Crippen molar-refractivity contribution in [2.24, 2.45) is 11.8 Å². The number of carbonyl (C=O) groups is 2. The summed E-state index contributed by atoms with van der Waals surface area (Å²) in [5, 5.41) is 8.91. The van der Waals surface area contributed by atoms with E-state index in [0.29, 0.717) is 6.61 Å². The molecule has 2 fully saturated rings. The first-order valence-corrected chi connectivity index (χ1v) is 13.4. The standard InChI is InChI=1S/C14H18BrNO2.C12H14BrNO2.CH4.Na.H2O/c1-2-18-14(17)11-6-8-16(9-7-11)13-5-3-4-12(15)10-13;13-10-2-1-3-11(8-10)14-6-4-9(5-7-14)12(15)16;;;/h3-5,10-11H,2,6-9H2,1H3;1-3,8-9H,4-7H2,(H,15,16);1H4;;1H2/q;;;+1;/p-1. The van der Waals surface area contributed by atoms with Crippen LogP contribution in [0.1, 0.15) is 40.0 Å². The van der Waals surface area contributed by atoms with Crippen molar-refractivity contribution in [3.8, 4) is 0 Å². The van der Waals surface area contributed by atoms with Crippen LogP contribution in [0.2, 0.25) is 0 Å². The van der Waals surface area contributed by atoms with Crippen LogP contribution in [0.4, 0.5) is 11.4 Å². The minimum atomic E-state index is -0.658. The summed E-state index contributed by atoms with van der Waals surface area (Å²) in [5.74, 6) is -0.781. The van der Waals surface area contributed by atoms with Gasteiger partial charge >= 0.3 is 41.5 Å². The van der Waals surface area contributed by atoms with Crippen LogP contribution in [0.15, 0.2) is 57.5 Å². The van der Waals surface area contributed by atoms with E-state index >= 15 is 0 Å². The van der Waals surface area contributed by atoms with Crippen molar-refractivity contribution < 1.29 is 54.5 Å². The molecule has 0 radical (unpaired) electrons. The van der Waals surface area contributed by atoms with Crippen molar-refractivity contribution >= 4 is 55.2 Å². The zero-order chi connectivity index (χ0) is 24.5. The van der Waals surface area contributed by atoms with E-state index in [4.69, 9.17) is 9.84 Å². The van der Waals surface area contributed by atoms with Gasteiger partial charge in [-0.3, -0.25) is 9.59 Å². The molecule has 2 heterocycles. The van der Waals surface area contributed by atoms with Crippen LogP contribution < -0.4 is 39.4 Å². The molecule has 2 aromatic rings. The van der Waals surface area contributed by atoms with E-state index in [1.54, 1.807) is 0 Å². The molecule has 2 aliphatic heterocycles. The second kappa shape index (κ2) is 18.2. The molecule has 37 heavy (non-hydrogen) atoms. The molecule has 10 heteroatoms. The Balaban J connectivity index is 0.000000651. The molecule has 7 nitrogen and oxygen atoms in total. The third-order valence-electron chi connectivity index (χ3n) is 6.31. The Kier molecular flexibility index (Phi) is 17.7. The van der Waals surface area contributed by atoms with Crippen molar-refractivity contribution in [1.82, 2.24) is 0 Å². The predicted octanol–water partition coefficient (Wildman–Crippen LogP) is 3.44. The first-order valence-electron chi connectivity index (χ1n) is 11.8. The summed E-state index contributed by atoms with van der Waals surface area (Å²) in [5.41, 5.74) is 2.38. The molecule has 4 rings (SSSR count). The van der Waals surface area contributed by atoms with Crippen LogP contribution in [-0.2, 0) is 14.3 Å². The number of carboxylic acid groups (broad SMARTS) is 1. The Morgan fingerprint density at radius 3 is 1.62 bits per heavy atom. The van der Waals surface area contributed by atoms with Crippen LogP contribution in [0.3, 0.4) is 0 Å². The summed E-state index contributed by atoms with van der Waals surface area (Å²) >= 11 is 6.93. The number of anilines is 2. The molecule has 0 aliphatic carbocycles. The number of aliphatic carboxylic acids is 1. The molecule has 2 aromatic carbocycles. The van der Waals surface area contributed by atoms with E-state index in [0.717, 1.165) is 60.8 Å². The number of hydrogen-bond donors (Lipinski definition) is 1. The molecule has 0 spiro atoms. The average molecular weight is 652 g/mol. The van der Waals surface area contributed by atoms with Crippen LogP contribution in [0.25, 0.3) is 0 Å². The number of ether oxygens (including phenoxy) is 1. The van der Waals surface area contributed by atoms with E-state index < -0.39 is 5.97 Å². The Hall–Kier alpha value is -1.10. The molecule has 0 aromatic heterocycles. The van der Waals surface area contributed by atoms with Crippen molar-refractivity contribution in [2.75, 3.05) is 42.6 Å². The number of rotatable bonds is 5. The number of hydrogen-bond acceptors (Lipinski definition) is 6. The molecular weight excluding hydrogens is 615 g/mol. The van der Waals surface area contributed by atoms with Crippen LogP contribution in [0.5, 0.6) is 0 Å². The number of carboxylic acids is 1. The molecule has 2 N–H and O–H groups in total. The molecule has 200 valence electrons. The molecule has 0 atom stereocenters. The fraction of sp³-hybridized carbons (Fsp3) is 0.481. The minimum Gasteiger partial charge on any atom is -0.870 e. The number of esters is 1. The SMILES string of the molecule is C.CCOC(=O)C1CCN(c2cccc(Br)c2)CC1.O=C(O)C1CCN(c2cccc(Br)c2)CC1.[Na+].[OH-]. The Labute approximate surface area is 259 Å². The number of nitrogens with zero attached hydrogens (tertiary/aromatic N) is 2. The van der Waals surface area contributed by atoms with E-state index in [-0.39, 0.29) is 60.3 Å². The summed E-state index contributed by atoms with van der Waals surface area (Å²) in [7, 11) is 0. The largest absolute Gasteiger partial charge is 1.00 e. The Morgan fingerprint density at radius 1 is 0.865 bits per heavy atom. The number of halogens is 2. The van der Waals surface area contributed by atoms with Crippen LogP contribution >= 0.6 is 31.9 Å². The van der Waals surface area contributed by atoms with Gasteiger partial charge in [0.2, 0.25) is 0 Å². The van der Waals surface area contributed by atoms with Gasteiger partial charge in [0.15, 0.2) is 0 Å². The van der Waals surface area contributed by atoms with Crippen molar-refractivity contribution in [3.63, 3.8) is 0 Å². The Morgan fingerprint density at radius 2 is 1.27 bits per heavy atom. The molecular formula is C27H37Br2N2NaO5. The monoisotopic (exact) mass is 650 g/mol. The normalized spacial score (nSPS) is 15.6. The average Bonchev–Trinajstić information content (AvgIpc) is 2.85. The maximum absolute atomic E-state index is 11.6. The van der Waals surface area contributed by atoms with Crippen LogP contribution in [-0.4, -0.2) is 55.3 Å². The summed E-state index contributed by atoms with van der Waals surface area (Å²) in [6.07, 6.45) is 3.24. The summed E-state index contributed by atoms with van der Waals surface area (Å²) < 4.78 is 7.23. The van der Waals surface area contributed by atoms with Crippen molar-refractivity contribution in [1.29, 1.82) is 0 Å². The van der Waals surface area contributed by atoms with E-state index in [2.05, 4.69) is 65.9 Å². The zero-order valence-corrected chi connectivity index (χ0v) is 26.1. The van der Waals surface area contributed by atoms with E-state index in [1.165, 1.54) is 11.4 Å². The van der Waals surface area contributed by atoms with Gasteiger partial charge in [0.05, 0.1) is 18.4 Å². The minimum absolute atomic E-state index is 0. The second-order valence-electron chi connectivity index (χ2n) is 8.57. The third-order valence-corrected chi connectivity index (χ3v) is 7.29. The van der Waals surface area contributed by atoms with Gasteiger partial charge in [-0.1, -0.05) is 51.4 Å². The van der Waals surface area contributed by atoms with Gasteiger partial charge in [-0.15, -0.1) is 0 Å². The quantitative estimate of drug-likeness (QED) is 0.391. The second-order valence-corrected chi connectivity index (χ2v) is 10.4. The predicted molar refractivity (Wildman–Crippen MR) is 151 cm³/mol. The Bertz CT molecular complexity index is 965. The van der Waals surface area contributed by atoms with Gasteiger partial charge < -0.3 is 25.1 Å². The smallest absolute Gasteiger partial charge is 0.870 e. The van der Waals surface area contributed by atoms with Gasteiger partial charge in [-0.05, 0) is 69.0 Å². The van der Waals surface area contributed by atoms with Gasteiger partial charge in [0.25, 0.3) is 0 Å². The van der Waals surface area contributed by atoms with Gasteiger partial charge in [-0.25, -0.2) is 0 Å². The van der Waals surface area contributed by atoms with Gasteiger partial charge in [0, 0.05) is 46.5 Å². The maximum atomic E-state index is 11.6.